The maximum Gasteiger partial charge on any atom is 0.340 e. The molecule has 1 aliphatic rings. The Morgan fingerprint density at radius 3 is 2.58 bits per heavy atom. The molecule has 1 aliphatic heterocycles. The van der Waals surface area contributed by atoms with Gasteiger partial charge in [0.05, 0.1) is 15.8 Å². The molecule has 1 aromatic heterocycles. The number of hydrogen-bond donors (Lipinski definition) is 3. The molecule has 0 spiro atoms. The van der Waals surface area contributed by atoms with Crippen molar-refractivity contribution >= 4 is 38.8 Å². The molecule has 128 valence electrons. The van der Waals surface area contributed by atoms with Crippen LogP contribution >= 0.6 is 11.3 Å². The summed E-state index contributed by atoms with van der Waals surface area (Å²) in [5, 5.41) is 15.6. The van der Waals surface area contributed by atoms with Crippen molar-refractivity contribution in [1.82, 2.24) is 5.32 Å². The van der Waals surface area contributed by atoms with Crippen LogP contribution in [0.5, 0.6) is 0 Å². The van der Waals surface area contributed by atoms with Gasteiger partial charge in [0.15, 0.2) is 11.6 Å². The normalized spacial score (nSPS) is 14.9. The summed E-state index contributed by atoms with van der Waals surface area (Å²) in [5.41, 5.74) is -1.76. The number of carboxylic acid groups (broad SMARTS) is 1. The van der Waals surface area contributed by atoms with Crippen LogP contribution in [0.4, 0.5) is 20.2 Å². The lowest BCUT2D eigenvalue weighted by Crippen LogP contribution is -2.44. The van der Waals surface area contributed by atoms with E-state index in [4.69, 9.17) is 5.11 Å². The fraction of sp³-hybridized carbons (Fsp3) is 0.333. The Bertz CT molecular complexity index is 879. The van der Waals surface area contributed by atoms with E-state index in [2.05, 4.69) is 10.6 Å². The van der Waals surface area contributed by atoms with Gasteiger partial charge in [-0.1, -0.05) is 0 Å². The topological polar surface area (TPSA) is 81.7 Å². The molecule has 1 aromatic carbocycles. The minimum atomic E-state index is -1.42. The molecule has 2 heterocycles. The summed E-state index contributed by atoms with van der Waals surface area (Å²) < 4.78 is 29.8. The summed E-state index contributed by atoms with van der Waals surface area (Å²) in [7, 11) is 1.41. The highest BCUT2D eigenvalue weighted by Gasteiger charge is 2.27. The molecule has 1 saturated heterocycles. The summed E-state index contributed by atoms with van der Waals surface area (Å²) in [6.45, 7) is 2.06. The first-order chi connectivity index (χ1) is 11.5. The Kier molecular flexibility index (Phi) is 4.37. The van der Waals surface area contributed by atoms with Crippen LogP contribution in [0.25, 0.3) is 10.1 Å². The van der Waals surface area contributed by atoms with E-state index < -0.39 is 28.6 Å². The first-order valence-corrected chi connectivity index (χ1v) is 8.18. The third-order valence-corrected chi connectivity index (χ3v) is 4.96. The molecule has 0 aliphatic carbocycles. The van der Waals surface area contributed by atoms with Crippen molar-refractivity contribution in [2.45, 2.75) is 0 Å². The third kappa shape index (κ3) is 2.49. The smallest absolute Gasteiger partial charge is 0.340 e. The number of hydrogen-bond acceptors (Lipinski definition) is 6. The maximum atomic E-state index is 14.9. The van der Waals surface area contributed by atoms with Crippen LogP contribution < -0.4 is 21.0 Å². The van der Waals surface area contributed by atoms with Crippen molar-refractivity contribution in [2.75, 3.05) is 43.4 Å². The molecule has 0 radical (unpaired) electrons. The molecular formula is C15H15F2N3O3S. The number of nitrogens with one attached hydrogen (secondary N) is 2. The lowest BCUT2D eigenvalue weighted by atomic mass is 10.1. The number of piperazine rings is 1. The van der Waals surface area contributed by atoms with Crippen molar-refractivity contribution in [3.8, 4) is 0 Å². The van der Waals surface area contributed by atoms with Crippen LogP contribution in [0.2, 0.25) is 0 Å². The van der Waals surface area contributed by atoms with Crippen LogP contribution in [-0.2, 0) is 0 Å². The summed E-state index contributed by atoms with van der Waals surface area (Å²) in [6, 6.07) is 0. The quantitative estimate of drug-likeness (QED) is 0.777. The van der Waals surface area contributed by atoms with E-state index in [0.29, 0.717) is 26.2 Å². The van der Waals surface area contributed by atoms with Gasteiger partial charge in [0, 0.05) is 38.6 Å². The number of aromatic carboxylic acids is 1. The first kappa shape index (κ1) is 16.6. The Morgan fingerprint density at radius 1 is 1.33 bits per heavy atom. The highest BCUT2D eigenvalue weighted by Crippen LogP contribution is 2.38. The van der Waals surface area contributed by atoms with Gasteiger partial charge >= 0.3 is 5.97 Å². The zero-order valence-corrected chi connectivity index (χ0v) is 13.6. The van der Waals surface area contributed by atoms with Gasteiger partial charge in [0.2, 0.25) is 5.43 Å². The largest absolute Gasteiger partial charge is 0.478 e. The predicted octanol–water partition coefficient (Wildman–Crippen LogP) is 1.69. The standard InChI is InChI=1S/C15H15F2N3O3S/c1-18-11-8-13(21)7(15(22)23)6-24-14(8)10(17)12(9(11)16)20-4-2-19-3-5-20/h6,18-19H,2-5H2,1H3,(H,22,23). The number of benzene rings is 1. The molecule has 0 unspecified atom stereocenters. The lowest BCUT2D eigenvalue weighted by Gasteiger charge is -2.30. The molecule has 0 saturated carbocycles. The van der Waals surface area contributed by atoms with E-state index in [0.717, 1.165) is 16.7 Å². The Morgan fingerprint density at radius 2 is 2.00 bits per heavy atom. The van der Waals surface area contributed by atoms with Gasteiger partial charge in [0.1, 0.15) is 11.3 Å². The number of nitrogens with zero attached hydrogens (tertiary/aromatic N) is 1. The fourth-order valence-electron chi connectivity index (χ4n) is 2.84. The number of halogens is 2. The summed E-state index contributed by atoms with van der Waals surface area (Å²) in [4.78, 5) is 25.1. The zero-order valence-electron chi connectivity index (χ0n) is 12.8. The van der Waals surface area contributed by atoms with E-state index in [1.54, 1.807) is 4.90 Å². The van der Waals surface area contributed by atoms with E-state index in [1.165, 1.54) is 7.05 Å². The van der Waals surface area contributed by atoms with Crippen molar-refractivity contribution in [2.24, 2.45) is 0 Å². The highest BCUT2D eigenvalue weighted by atomic mass is 32.1. The molecule has 6 nitrogen and oxygen atoms in total. The van der Waals surface area contributed by atoms with Gasteiger partial charge < -0.3 is 20.6 Å². The van der Waals surface area contributed by atoms with E-state index in [1.807, 2.05) is 0 Å². The molecule has 0 atom stereocenters. The zero-order chi connectivity index (χ0) is 17.4. The number of carboxylic acids is 1. The van der Waals surface area contributed by atoms with Crippen molar-refractivity contribution in [3.63, 3.8) is 0 Å². The molecule has 3 N–H and O–H groups in total. The van der Waals surface area contributed by atoms with Crippen LogP contribution in [0.15, 0.2) is 10.2 Å². The molecular weight excluding hydrogens is 340 g/mol. The van der Waals surface area contributed by atoms with Crippen molar-refractivity contribution < 1.29 is 18.7 Å². The predicted molar refractivity (Wildman–Crippen MR) is 89.6 cm³/mol. The van der Waals surface area contributed by atoms with Crippen molar-refractivity contribution in [1.29, 1.82) is 0 Å². The summed E-state index contributed by atoms with van der Waals surface area (Å²) >= 11 is 0.784. The molecule has 2 aromatic rings. The second-order valence-electron chi connectivity index (χ2n) is 5.33. The fourth-order valence-corrected chi connectivity index (χ4v) is 3.79. The van der Waals surface area contributed by atoms with Gasteiger partial charge in [-0.05, 0) is 0 Å². The average Bonchev–Trinajstić information content (AvgIpc) is 2.57. The first-order valence-electron chi connectivity index (χ1n) is 7.30. The minimum Gasteiger partial charge on any atom is -0.478 e. The van der Waals surface area contributed by atoms with Gasteiger partial charge in [-0.25, -0.2) is 13.6 Å². The van der Waals surface area contributed by atoms with Gasteiger partial charge in [-0.15, -0.1) is 11.3 Å². The number of rotatable bonds is 3. The minimum absolute atomic E-state index is 0.0516. The van der Waals surface area contributed by atoms with Crippen LogP contribution in [0.1, 0.15) is 10.4 Å². The van der Waals surface area contributed by atoms with Gasteiger partial charge in [0.25, 0.3) is 0 Å². The second-order valence-corrected chi connectivity index (χ2v) is 6.21. The Hall–Kier alpha value is -2.26. The van der Waals surface area contributed by atoms with Crippen LogP contribution in [0, 0.1) is 11.6 Å². The molecule has 0 bridgehead atoms. The molecule has 1 fully saturated rings. The van der Waals surface area contributed by atoms with Crippen LogP contribution in [0.3, 0.4) is 0 Å². The Balaban J connectivity index is 2.36. The maximum absolute atomic E-state index is 14.9. The van der Waals surface area contributed by atoms with Crippen LogP contribution in [-0.4, -0.2) is 44.3 Å². The molecule has 0 amide bonds. The molecule has 9 heteroatoms. The summed E-state index contributed by atoms with van der Waals surface area (Å²) in [5.74, 6) is -3.13. The van der Waals surface area contributed by atoms with E-state index >= 15 is 0 Å². The monoisotopic (exact) mass is 355 g/mol. The third-order valence-electron chi connectivity index (χ3n) is 3.99. The van der Waals surface area contributed by atoms with E-state index in [-0.39, 0.29) is 21.5 Å². The molecule has 3 rings (SSSR count). The SMILES string of the molecule is CNc1c(F)c(N2CCNCC2)c(F)c2scc(C(=O)O)c(=O)c12. The summed E-state index contributed by atoms with van der Waals surface area (Å²) in [6.07, 6.45) is 0. The number of anilines is 2. The van der Waals surface area contributed by atoms with Gasteiger partial charge in [-0.2, -0.15) is 0 Å². The Labute approximate surface area is 139 Å². The van der Waals surface area contributed by atoms with E-state index in [9.17, 15) is 18.4 Å². The second kappa shape index (κ2) is 6.33. The number of carbonyl (C=O) groups is 1. The lowest BCUT2D eigenvalue weighted by molar-refractivity contribution is 0.0696. The highest BCUT2D eigenvalue weighted by molar-refractivity contribution is 7.17. The van der Waals surface area contributed by atoms with Crippen molar-refractivity contribution in [3.05, 3.63) is 32.8 Å². The van der Waals surface area contributed by atoms with Gasteiger partial charge in [-0.3, -0.25) is 4.79 Å². The number of fused-ring (bicyclic) bond motifs is 1. The molecule has 24 heavy (non-hydrogen) atoms. The average molecular weight is 355 g/mol.